The van der Waals surface area contributed by atoms with Gasteiger partial charge >= 0.3 is 0 Å². The van der Waals surface area contributed by atoms with Crippen molar-refractivity contribution < 1.29 is 0 Å². The van der Waals surface area contributed by atoms with E-state index in [1.165, 1.54) is 12.2 Å². The molecule has 1 aliphatic rings. The Hall–Kier alpha value is 0.310. The van der Waals surface area contributed by atoms with Gasteiger partial charge in [-0.2, -0.15) is 11.8 Å². The van der Waals surface area contributed by atoms with E-state index < -0.39 is 0 Å². The summed E-state index contributed by atoms with van der Waals surface area (Å²) < 4.78 is 0. The molecular formula is C8H17NS. The van der Waals surface area contributed by atoms with Gasteiger partial charge in [0.05, 0.1) is 0 Å². The van der Waals surface area contributed by atoms with Gasteiger partial charge in [0, 0.05) is 10.8 Å². The van der Waals surface area contributed by atoms with Gasteiger partial charge in [-0.05, 0) is 31.9 Å². The third-order valence-corrected chi connectivity index (χ3v) is 3.66. The van der Waals surface area contributed by atoms with Crippen LogP contribution in [0, 0.1) is 5.92 Å². The summed E-state index contributed by atoms with van der Waals surface area (Å²) in [5.41, 5.74) is 6.05. The highest BCUT2D eigenvalue weighted by Crippen LogP contribution is 2.37. The molecule has 0 amide bonds. The van der Waals surface area contributed by atoms with E-state index in [-0.39, 0.29) is 5.54 Å². The van der Waals surface area contributed by atoms with E-state index in [9.17, 15) is 0 Å². The number of hydrogen-bond acceptors (Lipinski definition) is 2. The third kappa shape index (κ3) is 1.67. The van der Waals surface area contributed by atoms with E-state index in [1.807, 2.05) is 0 Å². The summed E-state index contributed by atoms with van der Waals surface area (Å²) >= 11 is 2.05. The first-order chi connectivity index (χ1) is 4.52. The van der Waals surface area contributed by atoms with Gasteiger partial charge in [-0.3, -0.25) is 0 Å². The van der Waals surface area contributed by atoms with Crippen molar-refractivity contribution in [2.45, 2.75) is 38.0 Å². The Kier molecular flexibility index (Phi) is 2.31. The predicted molar refractivity (Wildman–Crippen MR) is 48.3 cm³/mol. The zero-order chi connectivity index (χ0) is 7.78. The molecule has 0 saturated carbocycles. The van der Waals surface area contributed by atoms with Crippen LogP contribution in [0.3, 0.4) is 0 Å². The van der Waals surface area contributed by atoms with Gasteiger partial charge in [0.2, 0.25) is 0 Å². The number of thioether (sulfide) groups is 1. The third-order valence-electron chi connectivity index (χ3n) is 2.33. The zero-order valence-corrected chi connectivity index (χ0v) is 7.87. The van der Waals surface area contributed by atoms with E-state index in [4.69, 9.17) is 5.73 Å². The van der Waals surface area contributed by atoms with Crippen molar-refractivity contribution in [3.63, 3.8) is 0 Å². The van der Waals surface area contributed by atoms with Gasteiger partial charge < -0.3 is 5.73 Å². The molecule has 2 N–H and O–H groups in total. The highest BCUT2D eigenvalue weighted by Gasteiger charge is 2.33. The first kappa shape index (κ1) is 8.41. The van der Waals surface area contributed by atoms with Gasteiger partial charge in [0.1, 0.15) is 0 Å². The Balaban J connectivity index is 2.55. The van der Waals surface area contributed by atoms with Gasteiger partial charge in [-0.1, -0.05) is 6.92 Å². The Morgan fingerprint density at radius 3 is 2.30 bits per heavy atom. The molecule has 1 heterocycles. The van der Waals surface area contributed by atoms with Crippen LogP contribution in [0.4, 0.5) is 0 Å². The van der Waals surface area contributed by atoms with Crippen LogP contribution in [0.1, 0.15) is 27.2 Å². The van der Waals surface area contributed by atoms with Crippen molar-refractivity contribution in [3.8, 4) is 0 Å². The van der Waals surface area contributed by atoms with Crippen LogP contribution in [0.15, 0.2) is 0 Å². The average molecular weight is 159 g/mol. The molecule has 0 aromatic carbocycles. The molecule has 0 aromatic heterocycles. The summed E-state index contributed by atoms with van der Waals surface area (Å²) in [6, 6.07) is 0. The molecule has 1 aliphatic heterocycles. The highest BCUT2D eigenvalue weighted by molar-refractivity contribution is 8.00. The second kappa shape index (κ2) is 2.74. The molecule has 1 nitrogen and oxygen atoms in total. The lowest BCUT2D eigenvalue weighted by Gasteiger charge is -2.29. The van der Waals surface area contributed by atoms with Crippen LogP contribution in [-0.4, -0.2) is 16.5 Å². The lowest BCUT2D eigenvalue weighted by Crippen LogP contribution is -2.43. The van der Waals surface area contributed by atoms with Crippen LogP contribution in [-0.2, 0) is 0 Å². The maximum absolute atomic E-state index is 6.02. The summed E-state index contributed by atoms with van der Waals surface area (Å²) in [4.78, 5) is 0. The quantitative estimate of drug-likeness (QED) is 0.632. The monoisotopic (exact) mass is 159 g/mol. The molecule has 1 rings (SSSR count). The lowest BCUT2D eigenvalue weighted by molar-refractivity contribution is 0.322. The lowest BCUT2D eigenvalue weighted by atomic mass is 9.84. The molecular weight excluding hydrogens is 142 g/mol. The molecule has 10 heavy (non-hydrogen) atoms. The molecule has 60 valence electrons. The molecule has 1 saturated heterocycles. The second-order valence-corrected chi connectivity index (χ2v) is 5.28. The van der Waals surface area contributed by atoms with E-state index in [1.54, 1.807) is 0 Å². The van der Waals surface area contributed by atoms with Crippen LogP contribution >= 0.6 is 11.8 Å². The smallest absolute Gasteiger partial charge is 0.0136 e. The molecule has 0 spiro atoms. The average Bonchev–Trinajstić information content (AvgIpc) is 2.11. The minimum Gasteiger partial charge on any atom is -0.325 e. The Morgan fingerprint density at radius 1 is 1.50 bits per heavy atom. The summed E-state index contributed by atoms with van der Waals surface area (Å²) in [6.07, 6.45) is 1.30. The second-order valence-electron chi connectivity index (χ2n) is 3.79. The molecule has 0 radical (unpaired) electrons. The van der Waals surface area contributed by atoms with Crippen molar-refractivity contribution in [1.29, 1.82) is 0 Å². The summed E-state index contributed by atoms with van der Waals surface area (Å²) in [7, 11) is 0. The van der Waals surface area contributed by atoms with E-state index in [0.717, 1.165) is 11.2 Å². The Morgan fingerprint density at radius 2 is 2.10 bits per heavy atom. The molecule has 2 heteroatoms. The molecule has 2 unspecified atom stereocenters. The van der Waals surface area contributed by atoms with E-state index in [2.05, 4.69) is 32.5 Å². The van der Waals surface area contributed by atoms with Gasteiger partial charge in [0.15, 0.2) is 0 Å². The fourth-order valence-corrected chi connectivity index (χ4v) is 3.19. The maximum Gasteiger partial charge on any atom is 0.0136 e. The summed E-state index contributed by atoms with van der Waals surface area (Å²) in [5, 5.41) is 0.764. The van der Waals surface area contributed by atoms with Gasteiger partial charge in [-0.25, -0.2) is 0 Å². The minimum atomic E-state index is 0.0307. The van der Waals surface area contributed by atoms with Crippen LogP contribution in [0.25, 0.3) is 0 Å². The van der Waals surface area contributed by atoms with Crippen LogP contribution in [0.2, 0.25) is 0 Å². The minimum absolute atomic E-state index is 0.0307. The molecule has 2 atom stereocenters. The van der Waals surface area contributed by atoms with Crippen molar-refractivity contribution in [1.82, 2.24) is 0 Å². The first-order valence-electron chi connectivity index (χ1n) is 3.92. The zero-order valence-electron chi connectivity index (χ0n) is 7.05. The van der Waals surface area contributed by atoms with Crippen molar-refractivity contribution in [3.05, 3.63) is 0 Å². The Bertz CT molecular complexity index is 117. The van der Waals surface area contributed by atoms with Crippen molar-refractivity contribution >= 4 is 11.8 Å². The molecule has 0 aromatic rings. The Labute approximate surface area is 67.8 Å². The maximum atomic E-state index is 6.02. The summed E-state index contributed by atoms with van der Waals surface area (Å²) in [6.45, 7) is 6.57. The number of hydrogen-bond donors (Lipinski definition) is 1. The van der Waals surface area contributed by atoms with E-state index in [0.29, 0.717) is 0 Å². The van der Waals surface area contributed by atoms with Crippen LogP contribution < -0.4 is 5.73 Å². The molecule has 0 bridgehead atoms. The van der Waals surface area contributed by atoms with Crippen molar-refractivity contribution in [2.75, 3.05) is 5.75 Å². The largest absolute Gasteiger partial charge is 0.325 e. The normalized spacial score (nSPS) is 34.8. The number of rotatable bonds is 1. The molecule has 0 aliphatic carbocycles. The standard InChI is InChI=1S/C8H17NS/c1-6-7(4-5-10-6)8(2,3)9/h6-7H,4-5,9H2,1-3H3. The predicted octanol–water partition coefficient (Wildman–Crippen LogP) is 1.87. The topological polar surface area (TPSA) is 26.0 Å². The van der Waals surface area contributed by atoms with Crippen molar-refractivity contribution in [2.24, 2.45) is 11.7 Å². The van der Waals surface area contributed by atoms with Crippen LogP contribution in [0.5, 0.6) is 0 Å². The highest BCUT2D eigenvalue weighted by atomic mass is 32.2. The fourth-order valence-electron chi connectivity index (χ4n) is 1.71. The molecule has 1 fully saturated rings. The first-order valence-corrected chi connectivity index (χ1v) is 4.97. The summed E-state index contributed by atoms with van der Waals surface area (Å²) in [5.74, 6) is 2.02. The van der Waals surface area contributed by atoms with E-state index >= 15 is 0 Å². The van der Waals surface area contributed by atoms with Gasteiger partial charge in [0.25, 0.3) is 0 Å². The SMILES string of the molecule is CC1SCCC1C(C)(C)N. The fraction of sp³-hybridized carbons (Fsp3) is 1.00. The van der Waals surface area contributed by atoms with Gasteiger partial charge in [-0.15, -0.1) is 0 Å². The number of nitrogens with two attached hydrogens (primary N) is 1.